The maximum absolute atomic E-state index is 6.93. The van der Waals surface area contributed by atoms with Gasteiger partial charge in [-0.05, 0) is 0 Å². The molecule has 0 saturated heterocycles. The van der Waals surface area contributed by atoms with Crippen molar-refractivity contribution in [1.82, 2.24) is 4.98 Å². The molecule has 32 heavy (non-hydrogen) atoms. The minimum Gasteiger partial charge on any atom is -0.147 e. The van der Waals surface area contributed by atoms with Crippen LogP contribution in [-0.2, 0) is 6.35 Å². The van der Waals surface area contributed by atoms with Crippen molar-refractivity contribution >= 4 is 47.3 Å². The van der Waals surface area contributed by atoms with Gasteiger partial charge < -0.3 is 0 Å². The molecule has 186 valence electrons. The maximum Gasteiger partial charge on any atom is -0.147 e. The molecule has 5 heteroatoms. The summed E-state index contributed by atoms with van der Waals surface area (Å²) in [5.74, 6) is 0. The number of allylic oxidation sites excluding steroid dienone is 4. The van der Waals surface area contributed by atoms with E-state index >= 15 is 0 Å². The molecule has 1 aliphatic rings. The molecule has 1 aliphatic carbocycles. The van der Waals surface area contributed by atoms with Crippen molar-refractivity contribution in [2.45, 2.75) is 86.8 Å². The fourth-order valence-electron chi connectivity index (χ4n) is 7.22. The molecule has 0 amide bonds. The van der Waals surface area contributed by atoms with Crippen molar-refractivity contribution in [3.8, 4) is 0 Å². The minimum atomic E-state index is -6.93. The van der Waals surface area contributed by atoms with Crippen LogP contribution >= 0.6 is 24.8 Å². The molecular formula is C27H51Cl2NSiTi. The van der Waals surface area contributed by atoms with Crippen molar-refractivity contribution in [3.63, 3.8) is 0 Å². The fraction of sp³-hybridized carbons (Fsp3) is 0.556. The van der Waals surface area contributed by atoms with Gasteiger partial charge in [-0.3, -0.25) is 0 Å². The average molecular weight is 537 g/mol. The van der Waals surface area contributed by atoms with E-state index in [1.165, 1.54) is 18.8 Å². The van der Waals surface area contributed by atoms with Crippen LogP contribution in [0.1, 0.15) is 48.0 Å². The van der Waals surface area contributed by atoms with Crippen molar-refractivity contribution in [2.75, 3.05) is 0 Å². The first-order chi connectivity index (χ1) is 12.4. The number of fused-ring (bicyclic) bond motifs is 1. The second-order valence-corrected chi connectivity index (χ2v) is 108. The number of nitrogens with one attached hydrogen (secondary N) is 1. The molecule has 0 atom stereocenters. The topological polar surface area (TPSA) is 15.8 Å². The Kier molecular flexibility index (Phi) is 3.22. The van der Waals surface area contributed by atoms with E-state index in [2.05, 4.69) is 134 Å². The first-order valence-electron chi connectivity index (χ1n) is 12.0. The van der Waals surface area contributed by atoms with Crippen LogP contribution in [0.25, 0.3) is 10.9 Å². The van der Waals surface area contributed by atoms with Crippen LogP contribution in [0.5, 0.6) is 0 Å². The van der Waals surface area contributed by atoms with Crippen molar-refractivity contribution < 1.29 is 6.35 Å². The Morgan fingerprint density at radius 2 is 1.28 bits per heavy atom. The number of aromatic nitrogens is 1. The largest absolute Gasteiger partial charge is 0.147 e. The molecule has 0 bridgehead atoms. The van der Waals surface area contributed by atoms with Gasteiger partial charge in [-0.1, -0.05) is 0 Å². The van der Waals surface area contributed by atoms with Gasteiger partial charge in [0.1, 0.15) is 0 Å². The molecule has 0 unspecified atom stereocenters. The molecule has 0 radical (unpaired) electrons. The quantitative estimate of drug-likeness (QED) is 0.368. The van der Waals surface area contributed by atoms with Gasteiger partial charge >= 0.3 is 173 Å². The van der Waals surface area contributed by atoms with Crippen LogP contribution in [0.4, 0.5) is 0 Å². The van der Waals surface area contributed by atoms with Gasteiger partial charge in [0.25, 0.3) is 0 Å². The fourth-order valence-corrected chi connectivity index (χ4v) is 27.7. The second-order valence-electron chi connectivity index (χ2n) is 25.2. The summed E-state index contributed by atoms with van der Waals surface area (Å²) >= 11 is 0. The Hall–Kier alpha value is -0.249. The van der Waals surface area contributed by atoms with Gasteiger partial charge in [0.05, 0.1) is 0 Å². The molecule has 0 spiro atoms. The summed E-state index contributed by atoms with van der Waals surface area (Å²) in [6.07, 6.45) is 1.12. The van der Waals surface area contributed by atoms with E-state index in [-0.39, 0.29) is 32.3 Å². The molecule has 1 nitrogen and oxygen atoms in total. The van der Waals surface area contributed by atoms with Crippen LogP contribution in [0.15, 0.2) is 52.4 Å². The summed E-state index contributed by atoms with van der Waals surface area (Å²) in [6.45, 7) is 15.0. The van der Waals surface area contributed by atoms with Gasteiger partial charge in [0.15, 0.2) is 0 Å². The van der Waals surface area contributed by atoms with E-state index in [4.69, 9.17) is 0 Å². The zero-order chi connectivity index (χ0) is 23.7. The van der Waals surface area contributed by atoms with Gasteiger partial charge in [0.2, 0.25) is 0 Å². The van der Waals surface area contributed by atoms with Crippen LogP contribution in [0.2, 0.25) is 38.8 Å². The Morgan fingerprint density at radius 1 is 0.812 bits per heavy atom. The second kappa shape index (κ2) is 3.46. The van der Waals surface area contributed by atoms with E-state index in [0.717, 1.165) is 6.42 Å². The Bertz CT molecular complexity index is 1530. The molecule has 1 heterocycles. The third-order valence-electron chi connectivity index (χ3n) is 19.5. The molecule has 3 rings (SSSR count). The summed E-state index contributed by atoms with van der Waals surface area (Å²) in [6, 6.07) is 11.2. The summed E-state index contributed by atoms with van der Waals surface area (Å²) in [7, 11) is 2.36. The molecule has 1 aromatic carbocycles. The van der Waals surface area contributed by atoms with E-state index in [1.54, 1.807) is 0 Å². The van der Waals surface area contributed by atoms with E-state index in [1.807, 2.05) is 0 Å². The number of hydrogen-bond acceptors (Lipinski definition) is 0. The first-order valence-corrected chi connectivity index (χ1v) is 28.5. The Balaban J connectivity index is 0.00000256. The number of halogens is 2. The standard InChI is InChI=1S/C8H6N.C5H5.2C4H9.6CH3.2ClH.H2Si.Ti/c1-2-4-8-7(3-1)5-6-9-8;1-2-4-5-3-1;2*1-4(2)3;;;;;;;;;;/h1-5,9H;1-3H,4H2;2*1-3H3;6*1H3;2*1H;1H2;. The molecule has 2 aromatic rings. The molecule has 0 saturated carbocycles. The number of aromatic amines is 1. The predicted molar refractivity (Wildman–Crippen MR) is 157 cm³/mol. The Labute approximate surface area is 196 Å². The van der Waals surface area contributed by atoms with E-state index < -0.39 is 6.35 Å². The van der Waals surface area contributed by atoms with Gasteiger partial charge in [-0.15, -0.1) is 24.8 Å². The van der Waals surface area contributed by atoms with Crippen molar-refractivity contribution in [2.24, 2.45) is 0 Å². The molecular weight excluding hydrogens is 485 g/mol. The van der Waals surface area contributed by atoms with Gasteiger partial charge in [0, 0.05) is 0 Å². The van der Waals surface area contributed by atoms with Crippen LogP contribution in [0, 0.1) is 0 Å². The number of hydrogen-bond donors (Lipinski definition) is 1. The number of para-hydroxylation sites is 1. The number of rotatable bonds is 2. The summed E-state index contributed by atoms with van der Waals surface area (Å²) < 4.78 is 2.49. The summed E-state index contributed by atoms with van der Waals surface area (Å²) in [4.78, 5) is 4.10. The van der Waals surface area contributed by atoms with Gasteiger partial charge in [-0.2, -0.15) is 0 Å². The summed E-state index contributed by atoms with van der Waals surface area (Å²) in [5, 5.41) is 17.7. The summed E-state index contributed by atoms with van der Waals surface area (Å²) in [5.41, 5.74) is 1.21. The Morgan fingerprint density at radius 3 is 1.66 bits per heavy atom. The predicted octanol–water partition coefficient (Wildman–Crippen LogP) is 9.66. The van der Waals surface area contributed by atoms with Gasteiger partial charge in [-0.25, -0.2) is 0 Å². The number of benzene rings is 1. The third-order valence-corrected chi connectivity index (χ3v) is 86.2. The van der Waals surface area contributed by atoms with Crippen LogP contribution < -0.4 is 4.00 Å². The van der Waals surface area contributed by atoms with Crippen LogP contribution in [0.3, 0.4) is 0 Å². The van der Waals surface area contributed by atoms with E-state index in [9.17, 15) is 0 Å². The average Bonchev–Trinajstić information content (AvgIpc) is 3.15. The SMILES string of the molecule is C[C](C)(C)[Ti]([CH3])([CH3])([CH3])([CH3])([CH3])([CH3])(=[SiH2])([C]1=CC=CC1)([c]1cc2ccccc2[nH]1)[C](C)(C)C.Cl.Cl. The first kappa shape index (κ1) is 29.8. The maximum atomic E-state index is 4.10. The molecule has 1 N–H and O–H groups in total. The number of H-pyrrole nitrogens is 1. The van der Waals surface area contributed by atoms with Crippen molar-refractivity contribution in [1.29, 1.82) is 0 Å². The third kappa shape index (κ3) is 1.56. The molecule has 1 aromatic heterocycles. The van der Waals surface area contributed by atoms with Crippen molar-refractivity contribution in [3.05, 3.63) is 52.4 Å². The zero-order valence-corrected chi connectivity index (χ0v) is 27.5. The minimum absolute atomic E-state index is 0. The molecule has 0 fully saturated rings. The van der Waals surface area contributed by atoms with E-state index in [0.29, 0.717) is 0 Å². The smallest absolute Gasteiger partial charge is 0.147 e. The molecule has 0 aliphatic heterocycles. The zero-order valence-electron chi connectivity index (χ0n) is 22.8. The normalized spacial score (nSPS) is 25.9. The van der Waals surface area contributed by atoms with Crippen LogP contribution in [-0.4, -0.2) is 12.6 Å². The monoisotopic (exact) mass is 535 g/mol.